The Morgan fingerprint density at radius 1 is 1.47 bits per heavy atom. The molecule has 8 heteroatoms. The molecule has 0 aliphatic carbocycles. The molecule has 0 radical (unpaired) electrons. The van der Waals surface area contributed by atoms with E-state index in [1.54, 1.807) is 13.0 Å². The molecule has 1 unspecified atom stereocenters. The molecule has 3 N–H and O–H groups in total. The van der Waals surface area contributed by atoms with Crippen LogP contribution in [0.1, 0.15) is 17.3 Å². The highest BCUT2D eigenvalue weighted by Crippen LogP contribution is 2.20. The third-order valence-corrected chi connectivity index (χ3v) is 3.38. The van der Waals surface area contributed by atoms with Crippen LogP contribution in [-0.2, 0) is 10.0 Å². The van der Waals surface area contributed by atoms with Crippen LogP contribution in [0, 0.1) is 0 Å². The molecule has 1 aromatic carbocycles. The van der Waals surface area contributed by atoms with E-state index in [0.29, 0.717) is 12.2 Å². The second kappa shape index (κ2) is 6.23. The average Bonchev–Trinajstić information content (AvgIpc) is 2.25. The minimum atomic E-state index is -3.26. The topological polar surface area (TPSA) is 95.5 Å². The fraction of sp³-hybridized carbons (Fsp3) is 0.364. The van der Waals surface area contributed by atoms with Crippen LogP contribution < -0.4 is 10.0 Å². The molecule has 0 heterocycles. The zero-order valence-electron chi connectivity index (χ0n) is 10.5. The maximum atomic E-state index is 11.0. The van der Waals surface area contributed by atoms with Gasteiger partial charge in [0, 0.05) is 18.3 Å². The van der Waals surface area contributed by atoms with Gasteiger partial charge in [-0.05, 0) is 25.1 Å². The summed E-state index contributed by atoms with van der Waals surface area (Å²) in [6.07, 6.45) is 1.08. The number of anilines is 1. The SMILES string of the molecule is CC(CNc1ccc(Cl)c(C(=O)O)c1)NS(C)(=O)=O. The summed E-state index contributed by atoms with van der Waals surface area (Å²) in [4.78, 5) is 10.9. The highest BCUT2D eigenvalue weighted by Gasteiger charge is 2.11. The summed E-state index contributed by atoms with van der Waals surface area (Å²) < 4.78 is 24.4. The number of carboxylic acid groups (broad SMARTS) is 1. The summed E-state index contributed by atoms with van der Waals surface area (Å²) in [7, 11) is -3.26. The minimum Gasteiger partial charge on any atom is -0.478 e. The van der Waals surface area contributed by atoms with Gasteiger partial charge in [-0.25, -0.2) is 17.9 Å². The lowest BCUT2D eigenvalue weighted by Crippen LogP contribution is -2.36. The number of sulfonamides is 1. The Bertz CT molecular complexity index is 574. The Balaban J connectivity index is 2.68. The van der Waals surface area contributed by atoms with Crippen molar-refractivity contribution in [3.63, 3.8) is 0 Å². The summed E-state index contributed by atoms with van der Waals surface area (Å²) in [6.45, 7) is 2.02. The van der Waals surface area contributed by atoms with Crippen LogP contribution in [0.3, 0.4) is 0 Å². The van der Waals surface area contributed by atoms with Gasteiger partial charge in [-0.1, -0.05) is 11.6 Å². The van der Waals surface area contributed by atoms with Gasteiger partial charge in [0.05, 0.1) is 16.8 Å². The van der Waals surface area contributed by atoms with Gasteiger partial charge in [0.25, 0.3) is 0 Å². The molecule has 1 aromatic rings. The fourth-order valence-electron chi connectivity index (χ4n) is 1.48. The highest BCUT2D eigenvalue weighted by molar-refractivity contribution is 7.88. The summed E-state index contributed by atoms with van der Waals surface area (Å²) in [6, 6.07) is 4.18. The number of rotatable bonds is 6. The maximum absolute atomic E-state index is 11.0. The minimum absolute atomic E-state index is 0.00427. The van der Waals surface area contributed by atoms with Gasteiger partial charge in [0.15, 0.2) is 0 Å². The van der Waals surface area contributed by atoms with Crippen molar-refractivity contribution in [2.24, 2.45) is 0 Å². The van der Waals surface area contributed by atoms with Crippen LogP contribution >= 0.6 is 11.6 Å². The molecule has 0 amide bonds. The van der Waals surface area contributed by atoms with E-state index in [4.69, 9.17) is 16.7 Å². The predicted octanol–water partition coefficient (Wildman–Crippen LogP) is 1.39. The monoisotopic (exact) mass is 306 g/mol. The molecule has 6 nitrogen and oxygen atoms in total. The van der Waals surface area contributed by atoms with Crippen molar-refractivity contribution < 1.29 is 18.3 Å². The molecule has 0 aliphatic heterocycles. The van der Waals surface area contributed by atoms with Gasteiger partial charge in [-0.2, -0.15) is 0 Å². The first kappa shape index (κ1) is 15.7. The second-order valence-electron chi connectivity index (χ2n) is 4.17. The molecule has 1 rings (SSSR count). The maximum Gasteiger partial charge on any atom is 0.337 e. The molecule has 1 atom stereocenters. The van der Waals surface area contributed by atoms with E-state index in [1.807, 2.05) is 0 Å². The number of nitrogens with one attached hydrogen (secondary N) is 2. The predicted molar refractivity (Wildman–Crippen MR) is 74.3 cm³/mol. The van der Waals surface area contributed by atoms with Crippen LogP contribution in [-0.4, -0.2) is 38.3 Å². The summed E-state index contributed by atoms with van der Waals surface area (Å²) in [5.74, 6) is -1.11. The molecule has 19 heavy (non-hydrogen) atoms. The number of carboxylic acids is 1. The van der Waals surface area contributed by atoms with Gasteiger partial charge < -0.3 is 10.4 Å². The first-order valence-electron chi connectivity index (χ1n) is 5.43. The summed E-state index contributed by atoms with van der Waals surface area (Å²) in [5, 5.41) is 12.0. The van der Waals surface area contributed by atoms with Crippen LogP contribution in [0.2, 0.25) is 5.02 Å². The van der Waals surface area contributed by atoms with Gasteiger partial charge in [-0.3, -0.25) is 0 Å². The first-order chi connectivity index (χ1) is 8.69. The van der Waals surface area contributed by atoms with E-state index in [-0.39, 0.29) is 16.6 Å². The number of hydrogen-bond acceptors (Lipinski definition) is 4. The lowest BCUT2D eigenvalue weighted by Gasteiger charge is -2.14. The van der Waals surface area contributed by atoms with E-state index in [0.717, 1.165) is 6.26 Å². The number of carbonyl (C=O) groups is 1. The normalized spacial score (nSPS) is 13.0. The second-order valence-corrected chi connectivity index (χ2v) is 6.36. The van der Waals surface area contributed by atoms with Crippen LogP contribution in [0.5, 0.6) is 0 Å². The molecule has 106 valence electrons. The van der Waals surface area contributed by atoms with E-state index in [9.17, 15) is 13.2 Å². The Labute approximate surface area is 116 Å². The van der Waals surface area contributed by atoms with Crippen molar-refractivity contribution in [1.82, 2.24) is 4.72 Å². The average molecular weight is 307 g/mol. The molecule has 0 aliphatic rings. The molecule has 0 aromatic heterocycles. The molecule has 0 saturated carbocycles. The highest BCUT2D eigenvalue weighted by atomic mass is 35.5. The molecule has 0 saturated heterocycles. The van der Waals surface area contributed by atoms with Gasteiger partial charge in [0.1, 0.15) is 0 Å². The van der Waals surface area contributed by atoms with Gasteiger partial charge >= 0.3 is 5.97 Å². The molecule has 0 spiro atoms. The van der Waals surface area contributed by atoms with Crippen LogP contribution in [0.4, 0.5) is 5.69 Å². The molecule has 0 bridgehead atoms. The summed E-state index contributed by atoms with van der Waals surface area (Å²) >= 11 is 5.74. The van der Waals surface area contributed by atoms with Crippen LogP contribution in [0.15, 0.2) is 18.2 Å². The van der Waals surface area contributed by atoms with Crippen molar-refractivity contribution in [2.45, 2.75) is 13.0 Å². The largest absolute Gasteiger partial charge is 0.478 e. The van der Waals surface area contributed by atoms with E-state index < -0.39 is 16.0 Å². The van der Waals surface area contributed by atoms with Gasteiger partial charge in [-0.15, -0.1) is 0 Å². The number of aromatic carboxylic acids is 1. The fourth-order valence-corrected chi connectivity index (χ4v) is 2.49. The van der Waals surface area contributed by atoms with Crippen molar-refractivity contribution in [3.8, 4) is 0 Å². The van der Waals surface area contributed by atoms with Gasteiger partial charge in [0.2, 0.25) is 10.0 Å². The quantitative estimate of drug-likeness (QED) is 0.738. The lowest BCUT2D eigenvalue weighted by atomic mass is 10.2. The molecule has 0 fully saturated rings. The Hall–Kier alpha value is -1.31. The number of benzene rings is 1. The number of halogens is 1. The lowest BCUT2D eigenvalue weighted by molar-refractivity contribution is 0.0697. The van der Waals surface area contributed by atoms with Crippen molar-refractivity contribution in [3.05, 3.63) is 28.8 Å². The Morgan fingerprint density at radius 2 is 2.11 bits per heavy atom. The molecular formula is C11H15ClN2O4S. The third-order valence-electron chi connectivity index (χ3n) is 2.22. The standard InChI is InChI=1S/C11H15ClN2O4S/c1-7(14-19(2,17)18)6-13-8-3-4-10(12)9(5-8)11(15)16/h3-5,7,13-14H,6H2,1-2H3,(H,15,16). The van der Waals surface area contributed by atoms with Crippen molar-refractivity contribution >= 4 is 33.3 Å². The van der Waals surface area contributed by atoms with Crippen molar-refractivity contribution in [2.75, 3.05) is 18.1 Å². The molecular weight excluding hydrogens is 292 g/mol. The van der Waals surface area contributed by atoms with Crippen LogP contribution in [0.25, 0.3) is 0 Å². The van der Waals surface area contributed by atoms with E-state index in [1.165, 1.54) is 12.1 Å². The van der Waals surface area contributed by atoms with Crippen molar-refractivity contribution in [1.29, 1.82) is 0 Å². The smallest absolute Gasteiger partial charge is 0.337 e. The number of hydrogen-bond donors (Lipinski definition) is 3. The van der Waals surface area contributed by atoms with E-state index in [2.05, 4.69) is 10.0 Å². The van der Waals surface area contributed by atoms with E-state index >= 15 is 0 Å². The Kier molecular flexibility index (Phi) is 5.16. The third kappa shape index (κ3) is 5.46. The first-order valence-corrected chi connectivity index (χ1v) is 7.70. The Morgan fingerprint density at radius 3 is 2.63 bits per heavy atom. The zero-order chi connectivity index (χ0) is 14.6. The zero-order valence-corrected chi connectivity index (χ0v) is 12.0. The summed E-state index contributed by atoms with van der Waals surface area (Å²) in [5.41, 5.74) is 0.555.